The van der Waals surface area contributed by atoms with Gasteiger partial charge in [0.2, 0.25) is 0 Å². The van der Waals surface area contributed by atoms with Crippen LogP contribution < -0.4 is 5.73 Å². The number of hydrogen-bond donors (Lipinski definition) is 1. The highest BCUT2D eigenvalue weighted by Crippen LogP contribution is 2.36. The van der Waals surface area contributed by atoms with Gasteiger partial charge < -0.3 is 5.73 Å². The molecular weight excluding hydrogens is 192 g/mol. The zero-order chi connectivity index (χ0) is 8.58. The third kappa shape index (κ3) is 2.78. The first-order valence-electron chi connectivity index (χ1n) is 2.39. The fourth-order valence-electron chi connectivity index (χ4n) is 0.258. The van der Waals surface area contributed by atoms with Gasteiger partial charge in [-0.15, -0.1) is 12.4 Å². The molecule has 2 N–H and O–H groups in total. The molecule has 0 rings (SSSR count). The van der Waals surface area contributed by atoms with Crippen molar-refractivity contribution in [3.05, 3.63) is 0 Å². The topological polar surface area (TPSA) is 26.0 Å². The van der Waals surface area contributed by atoms with Crippen LogP contribution in [0.4, 0.5) is 22.0 Å². The summed E-state index contributed by atoms with van der Waals surface area (Å²) in [4.78, 5) is 0. The Balaban J connectivity index is 0. The maximum Gasteiger partial charge on any atom is 0.454 e. The van der Waals surface area contributed by atoms with Crippen LogP contribution in [0.25, 0.3) is 0 Å². The minimum Gasteiger partial charge on any atom is -0.323 e. The fraction of sp³-hybridized carbons (Fsp3) is 1.00. The molecule has 0 radical (unpaired) electrons. The third-order valence-corrected chi connectivity index (χ3v) is 0.950. The zero-order valence-corrected chi connectivity index (χ0v) is 6.27. The summed E-state index contributed by atoms with van der Waals surface area (Å²) in [5.74, 6) is -4.78. The molecule has 0 spiro atoms. The Bertz CT molecular complexity index is 120. The van der Waals surface area contributed by atoms with Gasteiger partial charge in [-0.2, -0.15) is 22.0 Å². The van der Waals surface area contributed by atoms with Gasteiger partial charge in [0.1, 0.15) is 0 Å². The Kier molecular flexibility index (Phi) is 4.33. The lowest BCUT2D eigenvalue weighted by atomic mass is 10.2. The number of halogens is 6. The van der Waals surface area contributed by atoms with Crippen LogP contribution >= 0.6 is 12.4 Å². The first-order chi connectivity index (χ1) is 4.19. The predicted molar refractivity (Wildman–Crippen MR) is 31.9 cm³/mol. The summed E-state index contributed by atoms with van der Waals surface area (Å²) < 4.78 is 57.4. The Morgan fingerprint density at radius 1 is 1.09 bits per heavy atom. The molecule has 1 atom stereocenters. The van der Waals surface area contributed by atoms with Crippen molar-refractivity contribution >= 4 is 12.4 Å². The SMILES string of the molecule is C[C@H](N)C(F)(F)C(F)(F)F.Cl. The lowest BCUT2D eigenvalue weighted by Crippen LogP contribution is -2.49. The van der Waals surface area contributed by atoms with Crippen LogP contribution in [0.15, 0.2) is 0 Å². The molecule has 0 aliphatic rings. The van der Waals surface area contributed by atoms with Crippen LogP contribution in [-0.2, 0) is 0 Å². The van der Waals surface area contributed by atoms with Gasteiger partial charge in [-0.3, -0.25) is 0 Å². The molecule has 0 fully saturated rings. The molecule has 0 saturated heterocycles. The highest BCUT2D eigenvalue weighted by atomic mass is 35.5. The summed E-state index contributed by atoms with van der Waals surface area (Å²) in [6.45, 7) is 0.605. The van der Waals surface area contributed by atoms with Crippen molar-refractivity contribution in [3.8, 4) is 0 Å². The van der Waals surface area contributed by atoms with Crippen molar-refractivity contribution in [2.24, 2.45) is 5.73 Å². The predicted octanol–water partition coefficient (Wildman–Crippen LogP) is 1.95. The van der Waals surface area contributed by atoms with Gasteiger partial charge in [0.15, 0.2) is 0 Å². The van der Waals surface area contributed by atoms with E-state index < -0.39 is 18.1 Å². The van der Waals surface area contributed by atoms with Crippen LogP contribution in [0.1, 0.15) is 6.92 Å². The van der Waals surface area contributed by atoms with Gasteiger partial charge in [-0.25, -0.2) is 0 Å². The van der Waals surface area contributed by atoms with Crippen LogP contribution in [0, 0.1) is 0 Å². The van der Waals surface area contributed by atoms with Crippen molar-refractivity contribution < 1.29 is 22.0 Å². The summed E-state index contributed by atoms with van der Waals surface area (Å²) in [6.07, 6.45) is -5.54. The van der Waals surface area contributed by atoms with Gasteiger partial charge in [-0.1, -0.05) is 0 Å². The second-order valence-electron chi connectivity index (χ2n) is 1.91. The number of alkyl halides is 5. The van der Waals surface area contributed by atoms with Crippen molar-refractivity contribution in [1.82, 2.24) is 0 Å². The van der Waals surface area contributed by atoms with E-state index in [0.29, 0.717) is 6.92 Å². The van der Waals surface area contributed by atoms with Crippen LogP contribution in [0.2, 0.25) is 0 Å². The monoisotopic (exact) mass is 199 g/mol. The van der Waals surface area contributed by atoms with E-state index in [1.165, 1.54) is 0 Å². The average Bonchev–Trinajstić information content (AvgIpc) is 1.62. The fourth-order valence-corrected chi connectivity index (χ4v) is 0.258. The molecular formula is C4H7ClF5N. The van der Waals surface area contributed by atoms with E-state index >= 15 is 0 Å². The molecule has 1 nitrogen and oxygen atoms in total. The van der Waals surface area contributed by atoms with E-state index in [1.807, 2.05) is 0 Å². The molecule has 0 saturated carbocycles. The molecule has 0 bridgehead atoms. The molecule has 0 aromatic carbocycles. The molecule has 0 aromatic rings. The van der Waals surface area contributed by atoms with Crippen LogP contribution in [0.5, 0.6) is 0 Å². The largest absolute Gasteiger partial charge is 0.454 e. The van der Waals surface area contributed by atoms with Gasteiger partial charge in [0.05, 0.1) is 6.04 Å². The Labute approximate surface area is 66.2 Å². The molecule has 0 aliphatic heterocycles. The van der Waals surface area contributed by atoms with Crippen molar-refractivity contribution in [2.75, 3.05) is 0 Å². The molecule has 0 aliphatic carbocycles. The van der Waals surface area contributed by atoms with E-state index in [0.717, 1.165) is 0 Å². The Hall–Kier alpha value is -0.100. The summed E-state index contributed by atoms with van der Waals surface area (Å²) in [5, 5.41) is 0. The number of rotatable bonds is 1. The van der Waals surface area contributed by atoms with E-state index in [4.69, 9.17) is 0 Å². The van der Waals surface area contributed by atoms with E-state index in [1.54, 1.807) is 0 Å². The molecule has 0 amide bonds. The van der Waals surface area contributed by atoms with Crippen molar-refractivity contribution in [3.63, 3.8) is 0 Å². The van der Waals surface area contributed by atoms with Crippen molar-refractivity contribution in [1.29, 1.82) is 0 Å². The molecule has 0 heterocycles. The zero-order valence-electron chi connectivity index (χ0n) is 5.45. The molecule has 70 valence electrons. The van der Waals surface area contributed by atoms with Gasteiger partial charge in [0, 0.05) is 0 Å². The number of nitrogens with two attached hydrogens (primary N) is 1. The summed E-state index contributed by atoms with van der Waals surface area (Å²) in [5.41, 5.74) is 4.39. The first-order valence-corrected chi connectivity index (χ1v) is 2.39. The molecule has 7 heteroatoms. The van der Waals surface area contributed by atoms with E-state index in [2.05, 4.69) is 5.73 Å². The van der Waals surface area contributed by atoms with Crippen LogP contribution in [0.3, 0.4) is 0 Å². The molecule has 11 heavy (non-hydrogen) atoms. The summed E-state index contributed by atoms with van der Waals surface area (Å²) in [7, 11) is 0. The van der Waals surface area contributed by atoms with Crippen LogP contribution in [-0.4, -0.2) is 18.1 Å². The Morgan fingerprint density at radius 2 is 1.36 bits per heavy atom. The second kappa shape index (κ2) is 3.53. The lowest BCUT2D eigenvalue weighted by Gasteiger charge is -2.22. The van der Waals surface area contributed by atoms with E-state index in [-0.39, 0.29) is 12.4 Å². The van der Waals surface area contributed by atoms with Gasteiger partial charge in [0.25, 0.3) is 0 Å². The summed E-state index contributed by atoms with van der Waals surface area (Å²) in [6, 6.07) is -2.20. The van der Waals surface area contributed by atoms with Gasteiger partial charge in [-0.05, 0) is 6.92 Å². The quantitative estimate of drug-likeness (QED) is 0.642. The lowest BCUT2D eigenvalue weighted by molar-refractivity contribution is -0.287. The maximum atomic E-state index is 11.8. The second-order valence-corrected chi connectivity index (χ2v) is 1.91. The minimum atomic E-state index is -5.54. The van der Waals surface area contributed by atoms with Crippen molar-refractivity contribution in [2.45, 2.75) is 25.1 Å². The third-order valence-electron chi connectivity index (χ3n) is 0.950. The molecule has 0 unspecified atom stereocenters. The standard InChI is InChI=1S/C4H6F5N.ClH/c1-2(10)3(5,6)4(7,8)9;/h2H,10H2,1H3;1H/t2-;/m0./s1. The smallest absolute Gasteiger partial charge is 0.323 e. The first kappa shape index (κ1) is 13.5. The highest BCUT2D eigenvalue weighted by Gasteiger charge is 2.59. The van der Waals surface area contributed by atoms with Gasteiger partial charge >= 0.3 is 12.1 Å². The minimum absolute atomic E-state index is 0. The summed E-state index contributed by atoms with van der Waals surface area (Å²) >= 11 is 0. The van der Waals surface area contributed by atoms with E-state index in [9.17, 15) is 22.0 Å². The Morgan fingerprint density at radius 3 is 1.36 bits per heavy atom. The average molecular weight is 200 g/mol. The normalized spacial score (nSPS) is 15.5. The maximum absolute atomic E-state index is 11.8. The molecule has 0 aromatic heterocycles. The highest BCUT2D eigenvalue weighted by molar-refractivity contribution is 5.85. The number of hydrogen-bond acceptors (Lipinski definition) is 1.